The smallest absolute Gasteiger partial charge is 0.321 e. The third kappa shape index (κ3) is 7.43. The summed E-state index contributed by atoms with van der Waals surface area (Å²) in [5, 5.41) is 5.15. The van der Waals surface area contributed by atoms with Crippen molar-refractivity contribution in [3.63, 3.8) is 0 Å². The summed E-state index contributed by atoms with van der Waals surface area (Å²) in [4.78, 5) is 25.8. The highest BCUT2D eigenvalue weighted by atomic mass is 16.5. The van der Waals surface area contributed by atoms with Gasteiger partial charge in [0.05, 0.1) is 13.7 Å². The first-order valence-corrected chi connectivity index (χ1v) is 9.55. The highest BCUT2D eigenvalue weighted by Crippen LogP contribution is 2.21. The molecule has 0 radical (unpaired) electrons. The van der Waals surface area contributed by atoms with E-state index in [1.165, 1.54) is 18.4 Å². The van der Waals surface area contributed by atoms with Crippen LogP contribution in [0.15, 0.2) is 29.8 Å². The Bertz CT molecular complexity index is 685. The molecule has 0 heterocycles. The molecule has 0 aromatic heterocycles. The van der Waals surface area contributed by atoms with E-state index in [0.717, 1.165) is 36.1 Å². The second-order valence-corrected chi connectivity index (χ2v) is 7.15. The van der Waals surface area contributed by atoms with Crippen LogP contribution in [-0.4, -0.2) is 44.1 Å². The molecule has 1 aliphatic carbocycles. The van der Waals surface area contributed by atoms with Crippen LogP contribution in [0.1, 0.15) is 43.2 Å². The Kier molecular flexibility index (Phi) is 8.33. The number of hydrogen-bond acceptors (Lipinski definition) is 4. The largest absolute Gasteiger partial charge is 0.496 e. The number of benzene rings is 1. The van der Waals surface area contributed by atoms with Gasteiger partial charge in [0.1, 0.15) is 5.75 Å². The zero-order valence-electron chi connectivity index (χ0n) is 16.6. The Morgan fingerprint density at radius 2 is 2.07 bits per heavy atom. The van der Waals surface area contributed by atoms with Gasteiger partial charge in [0.2, 0.25) is 5.91 Å². The summed E-state index contributed by atoms with van der Waals surface area (Å²) in [5.41, 5.74) is 3.55. The van der Waals surface area contributed by atoms with Crippen LogP contribution in [-0.2, 0) is 11.3 Å². The van der Waals surface area contributed by atoms with Crippen LogP contribution >= 0.6 is 0 Å². The van der Waals surface area contributed by atoms with E-state index < -0.39 is 6.03 Å². The summed E-state index contributed by atoms with van der Waals surface area (Å²) < 4.78 is 5.37. The predicted molar refractivity (Wildman–Crippen MR) is 107 cm³/mol. The number of amides is 3. The molecule has 148 valence electrons. The molecule has 27 heavy (non-hydrogen) atoms. The number of urea groups is 1. The summed E-state index contributed by atoms with van der Waals surface area (Å²) in [7, 11) is 3.48. The molecule has 2 N–H and O–H groups in total. The molecule has 0 saturated carbocycles. The minimum Gasteiger partial charge on any atom is -0.496 e. The van der Waals surface area contributed by atoms with Crippen LogP contribution in [0.4, 0.5) is 4.79 Å². The van der Waals surface area contributed by atoms with E-state index in [9.17, 15) is 9.59 Å². The zero-order valence-corrected chi connectivity index (χ0v) is 16.6. The van der Waals surface area contributed by atoms with Crippen LogP contribution in [0.2, 0.25) is 0 Å². The number of likely N-dealkylation sites (N-methyl/N-ethyl adjacent to an activating group) is 1. The molecular formula is C21H31N3O3. The second kappa shape index (κ2) is 10.7. The van der Waals surface area contributed by atoms with E-state index in [2.05, 4.69) is 16.7 Å². The summed E-state index contributed by atoms with van der Waals surface area (Å²) in [6.45, 7) is 3.27. The van der Waals surface area contributed by atoms with Crippen LogP contribution in [0.3, 0.4) is 0 Å². The monoisotopic (exact) mass is 373 g/mol. The van der Waals surface area contributed by atoms with Gasteiger partial charge in [0.15, 0.2) is 0 Å². The second-order valence-electron chi connectivity index (χ2n) is 7.15. The molecule has 0 spiro atoms. The zero-order chi connectivity index (χ0) is 19.6. The van der Waals surface area contributed by atoms with Gasteiger partial charge in [-0.25, -0.2) is 4.79 Å². The number of carbonyl (C=O) groups is 2. The lowest BCUT2D eigenvalue weighted by Gasteiger charge is -2.18. The number of methoxy groups -OCH3 is 1. The van der Waals surface area contributed by atoms with Crippen molar-refractivity contribution in [1.29, 1.82) is 0 Å². The van der Waals surface area contributed by atoms with Crippen molar-refractivity contribution in [2.24, 2.45) is 0 Å². The number of ether oxygens (including phenoxy) is 1. The van der Waals surface area contributed by atoms with E-state index in [-0.39, 0.29) is 12.5 Å². The third-order valence-electron chi connectivity index (χ3n) is 4.66. The maximum atomic E-state index is 12.1. The van der Waals surface area contributed by atoms with Gasteiger partial charge in [0, 0.05) is 18.7 Å². The van der Waals surface area contributed by atoms with Gasteiger partial charge in [-0.05, 0) is 52.1 Å². The van der Waals surface area contributed by atoms with Crippen molar-refractivity contribution >= 4 is 11.9 Å². The number of carbonyl (C=O) groups excluding carboxylic acids is 2. The number of allylic oxidation sites excluding steroid dienone is 1. The van der Waals surface area contributed by atoms with E-state index in [0.29, 0.717) is 13.1 Å². The summed E-state index contributed by atoms with van der Waals surface area (Å²) in [6.07, 6.45) is 7.87. The lowest BCUT2D eigenvalue weighted by Crippen LogP contribution is -2.44. The minimum absolute atomic E-state index is 0.135. The number of nitrogens with one attached hydrogen (secondary N) is 2. The predicted octanol–water partition coefficient (Wildman–Crippen LogP) is 3.15. The first kappa shape index (κ1) is 21.0. The van der Waals surface area contributed by atoms with Crippen molar-refractivity contribution in [1.82, 2.24) is 15.5 Å². The molecule has 3 amide bonds. The lowest BCUT2D eigenvalue weighted by molar-refractivity contribution is -0.120. The Morgan fingerprint density at radius 1 is 1.26 bits per heavy atom. The summed E-state index contributed by atoms with van der Waals surface area (Å²) in [6, 6.07) is 5.52. The molecule has 0 unspecified atom stereocenters. The van der Waals surface area contributed by atoms with Crippen molar-refractivity contribution in [2.75, 3.05) is 27.2 Å². The molecule has 6 heteroatoms. The Labute approximate surface area is 162 Å². The van der Waals surface area contributed by atoms with Gasteiger partial charge in [0.25, 0.3) is 0 Å². The number of imide groups is 1. The molecule has 0 fully saturated rings. The highest BCUT2D eigenvalue weighted by Gasteiger charge is 2.13. The Morgan fingerprint density at radius 3 is 2.78 bits per heavy atom. The van der Waals surface area contributed by atoms with Gasteiger partial charge in [-0.3, -0.25) is 15.0 Å². The Balaban J connectivity index is 1.71. The lowest BCUT2D eigenvalue weighted by atomic mass is 9.97. The number of hydrogen-bond donors (Lipinski definition) is 2. The van der Waals surface area contributed by atoms with E-state index >= 15 is 0 Å². The maximum absolute atomic E-state index is 12.1. The molecular weight excluding hydrogens is 342 g/mol. The summed E-state index contributed by atoms with van der Waals surface area (Å²) >= 11 is 0. The van der Waals surface area contributed by atoms with Crippen LogP contribution in [0.25, 0.3) is 0 Å². The van der Waals surface area contributed by atoms with Crippen molar-refractivity contribution in [3.8, 4) is 5.75 Å². The molecule has 1 aromatic carbocycles. The van der Waals surface area contributed by atoms with Gasteiger partial charge in [-0.2, -0.15) is 0 Å². The fourth-order valence-corrected chi connectivity index (χ4v) is 3.30. The van der Waals surface area contributed by atoms with Gasteiger partial charge < -0.3 is 10.1 Å². The molecule has 0 saturated heterocycles. The van der Waals surface area contributed by atoms with Crippen molar-refractivity contribution in [3.05, 3.63) is 41.0 Å². The number of nitrogens with zero attached hydrogens (tertiary/aromatic N) is 1. The molecule has 6 nitrogen and oxygen atoms in total. The maximum Gasteiger partial charge on any atom is 0.321 e. The average molecular weight is 373 g/mol. The number of aryl methyl sites for hydroxylation is 1. The van der Waals surface area contributed by atoms with Gasteiger partial charge >= 0.3 is 6.03 Å². The van der Waals surface area contributed by atoms with Crippen molar-refractivity contribution < 1.29 is 14.3 Å². The average Bonchev–Trinajstić information content (AvgIpc) is 2.62. The quantitative estimate of drug-likeness (QED) is 0.687. The highest BCUT2D eigenvalue weighted by molar-refractivity contribution is 5.95. The normalized spacial score (nSPS) is 13.9. The fourth-order valence-electron chi connectivity index (χ4n) is 3.30. The molecule has 0 bridgehead atoms. The SMILES string of the molecule is COc1ccc(C)cc1CN(C)CC(=O)NC(=O)NCCC1=CCCCC1. The summed E-state index contributed by atoms with van der Waals surface area (Å²) in [5.74, 6) is 0.473. The molecule has 0 aliphatic heterocycles. The fraction of sp³-hybridized carbons (Fsp3) is 0.524. The van der Waals surface area contributed by atoms with E-state index in [1.54, 1.807) is 7.11 Å². The Hall–Kier alpha value is -2.34. The first-order chi connectivity index (χ1) is 13.0. The van der Waals surface area contributed by atoms with E-state index in [4.69, 9.17) is 4.74 Å². The topological polar surface area (TPSA) is 70.7 Å². The standard InChI is InChI=1S/C21H31N3O3/c1-16-9-10-19(27-3)18(13-16)14-24(2)15-20(25)23-21(26)22-12-11-17-7-5-4-6-8-17/h7,9-10,13H,4-6,8,11-12,14-15H2,1-3H3,(H2,22,23,25,26). The minimum atomic E-state index is -0.432. The molecule has 1 aliphatic rings. The van der Waals surface area contributed by atoms with Crippen molar-refractivity contribution in [2.45, 2.75) is 45.6 Å². The molecule has 0 atom stereocenters. The molecule has 2 rings (SSSR count). The van der Waals surface area contributed by atoms with Gasteiger partial charge in [-0.1, -0.05) is 29.3 Å². The van der Waals surface area contributed by atoms with Gasteiger partial charge in [-0.15, -0.1) is 0 Å². The van der Waals surface area contributed by atoms with Crippen LogP contribution in [0.5, 0.6) is 5.75 Å². The molecule has 1 aromatic rings. The van der Waals surface area contributed by atoms with Crippen LogP contribution < -0.4 is 15.4 Å². The van der Waals surface area contributed by atoms with Crippen LogP contribution in [0, 0.1) is 6.92 Å². The number of rotatable bonds is 8. The first-order valence-electron chi connectivity index (χ1n) is 9.55. The third-order valence-corrected chi connectivity index (χ3v) is 4.66. The van der Waals surface area contributed by atoms with E-state index in [1.807, 2.05) is 37.1 Å².